The van der Waals surface area contributed by atoms with Crippen LogP contribution in [0.5, 0.6) is 0 Å². The molecule has 0 atom stereocenters. The van der Waals surface area contributed by atoms with E-state index < -0.39 is 17.5 Å². The van der Waals surface area contributed by atoms with Crippen LogP contribution in [0.15, 0.2) is 48.7 Å². The first-order valence-corrected chi connectivity index (χ1v) is 11.8. The average molecular weight is 465 g/mol. The van der Waals surface area contributed by atoms with Gasteiger partial charge in [-0.2, -0.15) is 0 Å². The highest BCUT2D eigenvalue weighted by Gasteiger charge is 2.29. The molecule has 1 aromatic carbocycles. The topological polar surface area (TPSA) is 27.7 Å². The Hall–Kier alpha value is -2.21. The van der Waals surface area contributed by atoms with Gasteiger partial charge in [-0.15, -0.1) is 0 Å². The van der Waals surface area contributed by atoms with Crippen LogP contribution in [0.1, 0.15) is 74.3 Å². The second-order valence-corrected chi connectivity index (χ2v) is 9.20. The maximum atomic E-state index is 15.0. The molecule has 2 fully saturated rings. The fraction of sp³-hybridized carbons (Fsp3) is 0.556. The molecule has 0 unspecified atom stereocenters. The van der Waals surface area contributed by atoms with Gasteiger partial charge in [0.15, 0.2) is 17.5 Å². The van der Waals surface area contributed by atoms with Crippen LogP contribution in [0.3, 0.4) is 0 Å². The zero-order chi connectivity index (χ0) is 24.0. The van der Waals surface area contributed by atoms with Gasteiger partial charge in [0.25, 0.3) is 0 Å². The first-order chi connectivity index (χ1) is 15.8. The molecule has 2 saturated carbocycles. The van der Waals surface area contributed by atoms with Gasteiger partial charge in [0.05, 0.1) is 19.8 Å². The van der Waals surface area contributed by atoms with E-state index in [9.17, 15) is 8.78 Å². The van der Waals surface area contributed by atoms with E-state index in [-0.39, 0.29) is 35.4 Å². The molecule has 0 aromatic heterocycles. The van der Waals surface area contributed by atoms with Gasteiger partial charge in [-0.3, -0.25) is 0 Å². The standard InChI is InChI=1S/C27H35F3O3/c1-17(15-25(28)18(2)31-3)33-16-19-5-7-20(8-6-19)23-13-14-24(27(30)26(23)29)21-9-11-22(32-4)12-10-21/h13-15,19-22H,1-2,5-12,16H2,3-4H3/b25-15+. The highest BCUT2D eigenvalue weighted by atomic mass is 19.2. The normalized spacial score (nSPS) is 26.0. The second-order valence-electron chi connectivity index (χ2n) is 9.20. The fourth-order valence-electron chi connectivity index (χ4n) is 5.05. The van der Waals surface area contributed by atoms with Crippen LogP contribution in [-0.2, 0) is 14.2 Å². The fourth-order valence-corrected chi connectivity index (χ4v) is 5.05. The summed E-state index contributed by atoms with van der Waals surface area (Å²) in [6.45, 7) is 7.55. The summed E-state index contributed by atoms with van der Waals surface area (Å²) in [6, 6.07) is 3.58. The van der Waals surface area contributed by atoms with Gasteiger partial charge < -0.3 is 14.2 Å². The second kappa shape index (κ2) is 11.8. The minimum Gasteiger partial charge on any atom is -0.494 e. The molecule has 0 N–H and O–H groups in total. The van der Waals surface area contributed by atoms with Crippen LogP contribution in [-0.4, -0.2) is 26.9 Å². The van der Waals surface area contributed by atoms with Gasteiger partial charge >= 0.3 is 0 Å². The van der Waals surface area contributed by atoms with Gasteiger partial charge in [-0.25, -0.2) is 13.2 Å². The SMILES string of the molecule is C=C(/C=C(/F)C(=C)OC)OCC1CCC(c2ccc(C3CCC(OC)CC3)c(F)c2F)CC1. The third kappa shape index (κ3) is 6.44. The van der Waals surface area contributed by atoms with E-state index in [1.165, 1.54) is 7.11 Å². The predicted molar refractivity (Wildman–Crippen MR) is 123 cm³/mol. The Balaban J connectivity index is 1.53. The molecule has 2 aliphatic carbocycles. The Morgan fingerprint density at radius 1 is 0.909 bits per heavy atom. The lowest BCUT2D eigenvalue weighted by molar-refractivity contribution is 0.0655. The molecule has 6 heteroatoms. The van der Waals surface area contributed by atoms with Crippen molar-refractivity contribution in [2.45, 2.75) is 69.3 Å². The quantitative estimate of drug-likeness (QED) is 0.280. The largest absolute Gasteiger partial charge is 0.494 e. The molecular formula is C27H35F3O3. The van der Waals surface area contributed by atoms with Crippen LogP contribution < -0.4 is 0 Å². The summed E-state index contributed by atoms with van der Waals surface area (Å²) >= 11 is 0. The molecule has 3 rings (SSSR count). The highest BCUT2D eigenvalue weighted by molar-refractivity contribution is 5.32. The summed E-state index contributed by atoms with van der Waals surface area (Å²) in [4.78, 5) is 0. The third-order valence-electron chi connectivity index (χ3n) is 7.18. The number of methoxy groups -OCH3 is 2. The van der Waals surface area contributed by atoms with Crippen LogP contribution in [0.2, 0.25) is 0 Å². The molecule has 33 heavy (non-hydrogen) atoms. The van der Waals surface area contributed by atoms with E-state index in [2.05, 4.69) is 13.2 Å². The smallest absolute Gasteiger partial charge is 0.168 e. The first kappa shape index (κ1) is 25.4. The van der Waals surface area contributed by atoms with Gasteiger partial charge in [-0.05, 0) is 80.2 Å². The monoisotopic (exact) mass is 464 g/mol. The summed E-state index contributed by atoms with van der Waals surface area (Å²) in [5.74, 6) is -1.54. The zero-order valence-corrected chi connectivity index (χ0v) is 19.7. The van der Waals surface area contributed by atoms with Gasteiger partial charge in [0.1, 0.15) is 11.5 Å². The van der Waals surface area contributed by atoms with Crippen molar-refractivity contribution in [2.24, 2.45) is 5.92 Å². The van der Waals surface area contributed by atoms with Crippen molar-refractivity contribution in [1.29, 1.82) is 0 Å². The van der Waals surface area contributed by atoms with Crippen LogP contribution >= 0.6 is 0 Å². The minimum absolute atomic E-state index is 0.000374. The number of allylic oxidation sites excluding steroid dienone is 2. The first-order valence-electron chi connectivity index (χ1n) is 11.8. The van der Waals surface area contributed by atoms with Crippen LogP contribution in [0, 0.1) is 17.6 Å². The van der Waals surface area contributed by atoms with E-state index in [0.29, 0.717) is 17.7 Å². The lowest BCUT2D eigenvalue weighted by Gasteiger charge is -2.30. The van der Waals surface area contributed by atoms with E-state index in [4.69, 9.17) is 14.2 Å². The van der Waals surface area contributed by atoms with Gasteiger partial charge in [0.2, 0.25) is 0 Å². The van der Waals surface area contributed by atoms with E-state index in [1.807, 2.05) is 0 Å². The Morgan fingerprint density at radius 2 is 1.42 bits per heavy atom. The van der Waals surface area contributed by atoms with Crippen molar-refractivity contribution in [2.75, 3.05) is 20.8 Å². The van der Waals surface area contributed by atoms with Crippen molar-refractivity contribution in [3.05, 3.63) is 71.5 Å². The molecule has 3 nitrogen and oxygen atoms in total. The number of ether oxygens (including phenoxy) is 3. The molecule has 0 heterocycles. The summed E-state index contributed by atoms with van der Waals surface area (Å²) in [5, 5.41) is 0. The van der Waals surface area contributed by atoms with Crippen molar-refractivity contribution in [3.8, 4) is 0 Å². The lowest BCUT2D eigenvalue weighted by Crippen LogP contribution is -2.21. The molecule has 1 aromatic rings. The zero-order valence-electron chi connectivity index (χ0n) is 19.7. The number of rotatable bonds is 9. The summed E-state index contributed by atoms with van der Waals surface area (Å²) in [6.07, 6.45) is 7.98. The molecule has 0 radical (unpaired) electrons. The Morgan fingerprint density at radius 3 is 1.91 bits per heavy atom. The Bertz CT molecular complexity index is 864. The molecule has 0 saturated heterocycles. The molecule has 0 amide bonds. The van der Waals surface area contributed by atoms with Crippen molar-refractivity contribution < 1.29 is 27.4 Å². The Labute approximate surface area is 195 Å². The molecule has 0 aliphatic heterocycles. The summed E-state index contributed by atoms with van der Waals surface area (Å²) in [5.41, 5.74) is 0.983. The molecule has 0 bridgehead atoms. The van der Waals surface area contributed by atoms with E-state index >= 15 is 4.39 Å². The Kier molecular flexibility index (Phi) is 9.07. The molecule has 2 aliphatic rings. The summed E-state index contributed by atoms with van der Waals surface area (Å²) in [7, 11) is 3.04. The molecule has 182 valence electrons. The predicted octanol–water partition coefficient (Wildman–Crippen LogP) is 7.46. The number of halogens is 3. The van der Waals surface area contributed by atoms with Gasteiger partial charge in [0, 0.05) is 13.2 Å². The average Bonchev–Trinajstić information content (AvgIpc) is 2.84. The maximum Gasteiger partial charge on any atom is 0.168 e. The number of hydrogen-bond donors (Lipinski definition) is 0. The summed E-state index contributed by atoms with van der Waals surface area (Å²) < 4.78 is 59.4. The number of hydrogen-bond acceptors (Lipinski definition) is 3. The highest BCUT2D eigenvalue weighted by Crippen LogP contribution is 2.41. The van der Waals surface area contributed by atoms with Crippen molar-refractivity contribution >= 4 is 0 Å². The van der Waals surface area contributed by atoms with Crippen molar-refractivity contribution in [3.63, 3.8) is 0 Å². The van der Waals surface area contributed by atoms with Crippen molar-refractivity contribution in [1.82, 2.24) is 0 Å². The van der Waals surface area contributed by atoms with Gasteiger partial charge in [-0.1, -0.05) is 25.3 Å². The van der Waals surface area contributed by atoms with Crippen LogP contribution in [0.25, 0.3) is 0 Å². The molecular weight excluding hydrogens is 429 g/mol. The minimum atomic E-state index is -0.687. The van der Waals surface area contributed by atoms with E-state index in [1.54, 1.807) is 19.2 Å². The van der Waals surface area contributed by atoms with E-state index in [0.717, 1.165) is 57.4 Å². The maximum absolute atomic E-state index is 15.0. The number of benzene rings is 1. The third-order valence-corrected chi connectivity index (χ3v) is 7.18. The van der Waals surface area contributed by atoms with Crippen LogP contribution in [0.4, 0.5) is 13.2 Å². The molecule has 0 spiro atoms. The lowest BCUT2D eigenvalue weighted by atomic mass is 9.77.